The molecule has 1 N–H and O–H groups in total. The number of rotatable bonds is 4. The molecule has 0 aliphatic rings. The van der Waals surface area contributed by atoms with Gasteiger partial charge in [-0.25, -0.2) is 4.39 Å². The van der Waals surface area contributed by atoms with Gasteiger partial charge in [-0.1, -0.05) is 35.0 Å². The van der Waals surface area contributed by atoms with Crippen molar-refractivity contribution in [1.82, 2.24) is 0 Å². The Labute approximate surface area is 114 Å². The fraction of sp³-hybridized carbons (Fsp3) is 0.0714. The molecule has 0 aliphatic heterocycles. The van der Waals surface area contributed by atoms with Crippen molar-refractivity contribution >= 4 is 16.8 Å². The SMILES string of the molecule is O/N=C(\Cl)Cc1ccc(Oc2cccc(F)c2)cc1. The summed E-state index contributed by atoms with van der Waals surface area (Å²) in [6.45, 7) is 0. The Hall–Kier alpha value is -2.07. The van der Waals surface area contributed by atoms with Gasteiger partial charge in [0.25, 0.3) is 0 Å². The molecule has 0 fully saturated rings. The summed E-state index contributed by atoms with van der Waals surface area (Å²) in [6, 6.07) is 13.0. The lowest BCUT2D eigenvalue weighted by molar-refractivity contribution is 0.319. The van der Waals surface area contributed by atoms with E-state index in [1.165, 1.54) is 12.1 Å². The van der Waals surface area contributed by atoms with Crippen molar-refractivity contribution in [3.05, 3.63) is 59.9 Å². The van der Waals surface area contributed by atoms with E-state index in [0.29, 0.717) is 17.9 Å². The van der Waals surface area contributed by atoms with E-state index >= 15 is 0 Å². The third kappa shape index (κ3) is 3.96. The van der Waals surface area contributed by atoms with E-state index in [-0.39, 0.29) is 11.0 Å². The molecule has 0 spiro atoms. The molecule has 0 amide bonds. The van der Waals surface area contributed by atoms with Gasteiger partial charge in [0.05, 0.1) is 0 Å². The summed E-state index contributed by atoms with van der Waals surface area (Å²) in [6.07, 6.45) is 0.346. The second kappa shape index (κ2) is 6.20. The number of benzene rings is 2. The first-order valence-corrected chi connectivity index (χ1v) is 5.94. The molecule has 2 aromatic rings. The van der Waals surface area contributed by atoms with Crippen LogP contribution in [0.4, 0.5) is 4.39 Å². The Balaban J connectivity index is 2.06. The lowest BCUT2D eigenvalue weighted by Crippen LogP contribution is -1.94. The number of ether oxygens (including phenoxy) is 1. The monoisotopic (exact) mass is 279 g/mol. The van der Waals surface area contributed by atoms with Crippen LogP contribution in [0.3, 0.4) is 0 Å². The van der Waals surface area contributed by atoms with Crippen molar-refractivity contribution in [2.45, 2.75) is 6.42 Å². The van der Waals surface area contributed by atoms with E-state index < -0.39 is 0 Å². The summed E-state index contributed by atoms with van der Waals surface area (Å²) >= 11 is 5.61. The van der Waals surface area contributed by atoms with Crippen molar-refractivity contribution in [3.63, 3.8) is 0 Å². The lowest BCUT2D eigenvalue weighted by Gasteiger charge is -2.06. The molecule has 0 heterocycles. The van der Waals surface area contributed by atoms with Crippen LogP contribution in [-0.4, -0.2) is 10.4 Å². The van der Waals surface area contributed by atoms with Gasteiger partial charge in [0, 0.05) is 12.5 Å². The molecule has 98 valence electrons. The highest BCUT2D eigenvalue weighted by molar-refractivity contribution is 6.65. The predicted octanol–water partition coefficient (Wildman–Crippen LogP) is 4.19. The zero-order valence-corrected chi connectivity index (χ0v) is 10.6. The van der Waals surface area contributed by atoms with Crippen LogP contribution in [0, 0.1) is 5.82 Å². The van der Waals surface area contributed by atoms with Crippen LogP contribution in [0.25, 0.3) is 0 Å². The Bertz CT molecular complexity index is 584. The average molecular weight is 280 g/mol. The molecular weight excluding hydrogens is 269 g/mol. The molecule has 0 bridgehead atoms. The molecule has 5 heteroatoms. The highest BCUT2D eigenvalue weighted by Crippen LogP contribution is 2.22. The van der Waals surface area contributed by atoms with Gasteiger partial charge in [-0.05, 0) is 29.8 Å². The number of hydrogen-bond donors (Lipinski definition) is 1. The van der Waals surface area contributed by atoms with Crippen molar-refractivity contribution in [1.29, 1.82) is 0 Å². The van der Waals surface area contributed by atoms with Crippen LogP contribution >= 0.6 is 11.6 Å². The molecular formula is C14H11ClFNO2. The summed E-state index contributed by atoms with van der Waals surface area (Å²) in [5.41, 5.74) is 0.884. The fourth-order valence-corrected chi connectivity index (χ4v) is 1.70. The summed E-state index contributed by atoms with van der Waals surface area (Å²) in [5.74, 6) is 0.675. The normalized spacial score (nSPS) is 11.4. The summed E-state index contributed by atoms with van der Waals surface area (Å²) in [5, 5.41) is 11.5. The van der Waals surface area contributed by atoms with Gasteiger partial charge in [0.1, 0.15) is 22.5 Å². The minimum Gasteiger partial charge on any atom is -0.457 e. The highest BCUT2D eigenvalue weighted by atomic mass is 35.5. The van der Waals surface area contributed by atoms with E-state index in [1.807, 2.05) is 0 Å². The largest absolute Gasteiger partial charge is 0.457 e. The zero-order chi connectivity index (χ0) is 13.7. The molecule has 19 heavy (non-hydrogen) atoms. The van der Waals surface area contributed by atoms with Crippen molar-refractivity contribution in [3.8, 4) is 11.5 Å². The van der Waals surface area contributed by atoms with Crippen LogP contribution in [0.5, 0.6) is 11.5 Å². The average Bonchev–Trinajstić information content (AvgIpc) is 2.41. The number of oxime groups is 1. The first-order chi connectivity index (χ1) is 9.17. The van der Waals surface area contributed by atoms with Crippen LogP contribution < -0.4 is 4.74 Å². The first-order valence-electron chi connectivity index (χ1n) is 5.56. The second-order valence-corrected chi connectivity index (χ2v) is 4.29. The lowest BCUT2D eigenvalue weighted by atomic mass is 10.1. The van der Waals surface area contributed by atoms with Crippen LogP contribution in [0.1, 0.15) is 5.56 Å². The Morgan fingerprint density at radius 1 is 1.16 bits per heavy atom. The van der Waals surface area contributed by atoms with E-state index in [2.05, 4.69) is 5.16 Å². The first kappa shape index (κ1) is 13.4. The highest BCUT2D eigenvalue weighted by Gasteiger charge is 2.01. The molecule has 0 unspecified atom stereocenters. The fourth-order valence-electron chi connectivity index (χ4n) is 1.55. The van der Waals surface area contributed by atoms with Crippen molar-refractivity contribution < 1.29 is 14.3 Å². The third-order valence-corrected chi connectivity index (χ3v) is 2.62. The Morgan fingerprint density at radius 3 is 2.53 bits per heavy atom. The molecule has 0 aliphatic carbocycles. The maximum absolute atomic E-state index is 13.0. The summed E-state index contributed by atoms with van der Waals surface area (Å²) in [4.78, 5) is 0. The Morgan fingerprint density at radius 2 is 1.89 bits per heavy atom. The van der Waals surface area contributed by atoms with E-state index in [9.17, 15) is 4.39 Å². The quantitative estimate of drug-likeness (QED) is 0.518. The van der Waals surface area contributed by atoms with Gasteiger partial charge in [-0.15, -0.1) is 0 Å². The molecule has 2 rings (SSSR count). The molecule has 0 radical (unpaired) electrons. The molecule has 3 nitrogen and oxygen atoms in total. The van der Waals surface area contributed by atoms with E-state index in [4.69, 9.17) is 21.5 Å². The van der Waals surface area contributed by atoms with Crippen molar-refractivity contribution in [2.24, 2.45) is 5.16 Å². The standard InChI is InChI=1S/C14H11ClFNO2/c15-14(17-18)8-10-4-6-12(7-5-10)19-13-3-1-2-11(16)9-13/h1-7,9,18H,8H2/b17-14-. The number of hydrogen-bond acceptors (Lipinski definition) is 3. The van der Waals surface area contributed by atoms with Gasteiger partial charge >= 0.3 is 0 Å². The second-order valence-electron chi connectivity index (χ2n) is 3.86. The minimum atomic E-state index is -0.347. The van der Waals surface area contributed by atoms with E-state index in [1.54, 1.807) is 36.4 Å². The van der Waals surface area contributed by atoms with Gasteiger partial charge in [0.15, 0.2) is 0 Å². The van der Waals surface area contributed by atoms with Crippen LogP contribution in [0.15, 0.2) is 53.7 Å². The third-order valence-electron chi connectivity index (χ3n) is 2.41. The molecule has 2 aromatic carbocycles. The predicted molar refractivity (Wildman–Crippen MR) is 71.7 cm³/mol. The Kier molecular flexibility index (Phi) is 4.36. The smallest absolute Gasteiger partial charge is 0.149 e. The summed E-state index contributed by atoms with van der Waals surface area (Å²) < 4.78 is 18.5. The van der Waals surface area contributed by atoms with Gasteiger partial charge in [-0.2, -0.15) is 0 Å². The molecule has 0 aromatic heterocycles. The van der Waals surface area contributed by atoms with Gasteiger partial charge in [0.2, 0.25) is 0 Å². The van der Waals surface area contributed by atoms with Crippen molar-refractivity contribution in [2.75, 3.05) is 0 Å². The number of halogens is 2. The maximum Gasteiger partial charge on any atom is 0.149 e. The molecule has 0 saturated carbocycles. The van der Waals surface area contributed by atoms with Crippen LogP contribution in [-0.2, 0) is 6.42 Å². The maximum atomic E-state index is 13.0. The zero-order valence-electron chi connectivity index (χ0n) is 9.88. The molecule has 0 atom stereocenters. The summed E-state index contributed by atoms with van der Waals surface area (Å²) in [7, 11) is 0. The minimum absolute atomic E-state index is 0.110. The van der Waals surface area contributed by atoms with Gasteiger partial charge < -0.3 is 9.94 Å². The topological polar surface area (TPSA) is 41.8 Å². The van der Waals surface area contributed by atoms with Crippen LogP contribution in [0.2, 0.25) is 0 Å². The number of nitrogens with zero attached hydrogens (tertiary/aromatic N) is 1. The molecule has 0 saturated heterocycles. The van der Waals surface area contributed by atoms with E-state index in [0.717, 1.165) is 5.56 Å². The van der Waals surface area contributed by atoms with Gasteiger partial charge in [-0.3, -0.25) is 0 Å².